The smallest absolute Gasteiger partial charge is 0.0661 e. The molecule has 0 aliphatic heterocycles. The van der Waals surface area contributed by atoms with Gasteiger partial charge in [-0.15, -0.1) is 0 Å². The number of benzene rings is 1. The molecular weight excluding hydrogens is 250 g/mol. The van der Waals surface area contributed by atoms with Crippen molar-refractivity contribution in [1.82, 2.24) is 4.98 Å². The third-order valence-electron chi connectivity index (χ3n) is 4.36. The van der Waals surface area contributed by atoms with Crippen molar-refractivity contribution >= 4 is 22.1 Å². The van der Waals surface area contributed by atoms with Gasteiger partial charge in [-0.2, -0.15) is 0 Å². The second-order valence-corrected chi connectivity index (χ2v) is 5.75. The van der Waals surface area contributed by atoms with Crippen molar-refractivity contribution < 1.29 is 5.11 Å². The number of hydrogen-bond acceptors (Lipinski definition) is 4. The fraction of sp³-hybridized carbons (Fsp3) is 0.438. The van der Waals surface area contributed by atoms with Crippen molar-refractivity contribution in [2.24, 2.45) is 0 Å². The number of nitrogens with two attached hydrogens (primary N) is 1. The number of nitrogens with one attached hydrogen (secondary N) is 1. The Morgan fingerprint density at radius 3 is 2.70 bits per heavy atom. The Bertz CT molecular complexity index is 606. The first-order chi connectivity index (χ1) is 9.74. The summed E-state index contributed by atoms with van der Waals surface area (Å²) in [6.45, 7) is 0.166. The topological polar surface area (TPSA) is 71.2 Å². The second-order valence-electron chi connectivity index (χ2n) is 5.75. The van der Waals surface area contributed by atoms with Gasteiger partial charge in [0.2, 0.25) is 0 Å². The number of aromatic nitrogens is 1. The van der Waals surface area contributed by atoms with Gasteiger partial charge in [-0.3, -0.25) is 4.98 Å². The van der Waals surface area contributed by atoms with Gasteiger partial charge in [-0.25, -0.2) is 0 Å². The Kier molecular flexibility index (Phi) is 3.49. The molecule has 1 aliphatic carbocycles. The maximum absolute atomic E-state index is 9.83. The number of hydrogen-bond donors (Lipinski definition) is 3. The molecule has 4 heteroatoms. The molecule has 0 atom stereocenters. The molecule has 106 valence electrons. The van der Waals surface area contributed by atoms with Gasteiger partial charge >= 0.3 is 0 Å². The summed E-state index contributed by atoms with van der Waals surface area (Å²) >= 11 is 0. The first-order valence-corrected chi connectivity index (χ1v) is 7.25. The highest BCUT2D eigenvalue weighted by Gasteiger charge is 2.31. The second kappa shape index (κ2) is 5.29. The lowest BCUT2D eigenvalue weighted by molar-refractivity contribution is 0.173. The Labute approximate surface area is 119 Å². The van der Waals surface area contributed by atoms with Crippen LogP contribution in [-0.2, 0) is 0 Å². The molecule has 0 amide bonds. The molecule has 3 rings (SSSR count). The molecule has 0 spiro atoms. The number of aliphatic hydroxyl groups excluding tert-OH is 1. The number of anilines is 2. The van der Waals surface area contributed by atoms with Gasteiger partial charge in [-0.05, 0) is 31.0 Å². The van der Waals surface area contributed by atoms with E-state index in [9.17, 15) is 5.11 Å². The summed E-state index contributed by atoms with van der Waals surface area (Å²) in [7, 11) is 0. The fourth-order valence-electron chi connectivity index (χ4n) is 3.16. The number of rotatable bonds is 3. The Balaban J connectivity index is 2.00. The normalized spacial score (nSPS) is 18.1. The van der Waals surface area contributed by atoms with Crippen LogP contribution in [0.5, 0.6) is 0 Å². The molecule has 1 aromatic carbocycles. The minimum absolute atomic E-state index is 0.166. The van der Waals surface area contributed by atoms with E-state index < -0.39 is 0 Å². The van der Waals surface area contributed by atoms with Crippen LogP contribution in [0.2, 0.25) is 0 Å². The standard InChI is InChI=1S/C16H21N3O/c17-14-4-5-15(13-10-18-9-6-12(13)14)19-16(11-20)7-2-1-3-8-16/h4-6,9-10,19-20H,1-3,7-8,11,17H2. The molecule has 0 radical (unpaired) electrons. The number of nitrogen functional groups attached to an aromatic ring is 1. The third kappa shape index (κ3) is 2.31. The number of aliphatic hydroxyl groups is 1. The van der Waals surface area contributed by atoms with Crippen molar-refractivity contribution in [1.29, 1.82) is 0 Å². The van der Waals surface area contributed by atoms with Crippen LogP contribution in [0.1, 0.15) is 32.1 Å². The molecule has 1 fully saturated rings. The summed E-state index contributed by atoms with van der Waals surface area (Å²) in [6, 6.07) is 5.84. The predicted octanol–water partition coefficient (Wildman–Crippen LogP) is 2.92. The first-order valence-electron chi connectivity index (χ1n) is 7.25. The van der Waals surface area contributed by atoms with Gasteiger partial charge in [-0.1, -0.05) is 19.3 Å². The molecule has 1 heterocycles. The summed E-state index contributed by atoms with van der Waals surface area (Å²) in [5.74, 6) is 0. The molecule has 2 aromatic rings. The predicted molar refractivity (Wildman–Crippen MR) is 82.7 cm³/mol. The number of nitrogens with zero attached hydrogens (tertiary/aromatic N) is 1. The van der Waals surface area contributed by atoms with Crippen LogP contribution in [0.4, 0.5) is 11.4 Å². The average Bonchev–Trinajstić information content (AvgIpc) is 2.51. The molecule has 1 aliphatic rings. The Morgan fingerprint density at radius 1 is 1.15 bits per heavy atom. The minimum atomic E-state index is -0.197. The largest absolute Gasteiger partial charge is 0.398 e. The highest BCUT2D eigenvalue weighted by molar-refractivity contribution is 6.00. The summed E-state index contributed by atoms with van der Waals surface area (Å²) < 4.78 is 0. The van der Waals surface area contributed by atoms with Gasteiger partial charge < -0.3 is 16.2 Å². The molecule has 0 unspecified atom stereocenters. The van der Waals surface area contributed by atoms with E-state index in [4.69, 9.17) is 5.73 Å². The zero-order valence-electron chi connectivity index (χ0n) is 11.6. The molecule has 4 N–H and O–H groups in total. The lowest BCUT2D eigenvalue weighted by Crippen LogP contribution is -2.43. The zero-order chi connectivity index (χ0) is 14.0. The Morgan fingerprint density at radius 2 is 1.95 bits per heavy atom. The van der Waals surface area contributed by atoms with E-state index in [-0.39, 0.29) is 12.1 Å². The lowest BCUT2D eigenvalue weighted by atomic mass is 9.82. The van der Waals surface area contributed by atoms with E-state index in [1.807, 2.05) is 24.4 Å². The van der Waals surface area contributed by atoms with Crippen molar-refractivity contribution in [2.45, 2.75) is 37.6 Å². The van der Waals surface area contributed by atoms with Crippen LogP contribution in [0.25, 0.3) is 10.8 Å². The van der Waals surface area contributed by atoms with E-state index in [0.717, 1.165) is 35.0 Å². The van der Waals surface area contributed by atoms with E-state index in [1.165, 1.54) is 19.3 Å². The van der Waals surface area contributed by atoms with E-state index in [1.54, 1.807) is 6.20 Å². The number of pyridine rings is 1. The molecular formula is C16H21N3O. The molecule has 0 saturated heterocycles. The van der Waals surface area contributed by atoms with E-state index in [0.29, 0.717) is 0 Å². The van der Waals surface area contributed by atoms with Crippen molar-refractivity contribution in [3.8, 4) is 0 Å². The lowest BCUT2D eigenvalue weighted by Gasteiger charge is -2.37. The van der Waals surface area contributed by atoms with Crippen molar-refractivity contribution in [3.05, 3.63) is 30.6 Å². The van der Waals surface area contributed by atoms with Crippen LogP contribution in [0.15, 0.2) is 30.6 Å². The SMILES string of the molecule is Nc1ccc(NC2(CO)CCCCC2)c2cnccc12. The quantitative estimate of drug-likeness (QED) is 0.751. The molecule has 1 saturated carbocycles. The van der Waals surface area contributed by atoms with Crippen molar-refractivity contribution in [2.75, 3.05) is 17.7 Å². The average molecular weight is 271 g/mol. The molecule has 1 aromatic heterocycles. The first kappa shape index (κ1) is 13.2. The van der Waals surface area contributed by atoms with Crippen LogP contribution in [-0.4, -0.2) is 22.2 Å². The summed E-state index contributed by atoms with van der Waals surface area (Å²) in [5.41, 5.74) is 7.59. The fourth-order valence-corrected chi connectivity index (χ4v) is 3.16. The molecule has 20 heavy (non-hydrogen) atoms. The summed E-state index contributed by atoms with van der Waals surface area (Å²) in [6.07, 6.45) is 9.20. The highest BCUT2D eigenvalue weighted by Crippen LogP contribution is 2.35. The van der Waals surface area contributed by atoms with Gasteiger partial charge in [0.25, 0.3) is 0 Å². The summed E-state index contributed by atoms with van der Waals surface area (Å²) in [5, 5.41) is 15.4. The maximum Gasteiger partial charge on any atom is 0.0661 e. The van der Waals surface area contributed by atoms with Crippen LogP contribution in [0.3, 0.4) is 0 Å². The zero-order valence-corrected chi connectivity index (χ0v) is 11.6. The third-order valence-corrected chi connectivity index (χ3v) is 4.36. The minimum Gasteiger partial charge on any atom is -0.398 e. The van der Waals surface area contributed by atoms with Crippen LogP contribution >= 0.6 is 0 Å². The van der Waals surface area contributed by atoms with E-state index >= 15 is 0 Å². The van der Waals surface area contributed by atoms with Crippen LogP contribution in [0, 0.1) is 0 Å². The van der Waals surface area contributed by atoms with Crippen molar-refractivity contribution in [3.63, 3.8) is 0 Å². The van der Waals surface area contributed by atoms with E-state index in [2.05, 4.69) is 10.3 Å². The molecule has 4 nitrogen and oxygen atoms in total. The maximum atomic E-state index is 9.83. The van der Waals surface area contributed by atoms with Gasteiger partial charge in [0.15, 0.2) is 0 Å². The van der Waals surface area contributed by atoms with Gasteiger partial charge in [0.1, 0.15) is 0 Å². The number of fused-ring (bicyclic) bond motifs is 1. The monoisotopic (exact) mass is 271 g/mol. The Hall–Kier alpha value is -1.81. The van der Waals surface area contributed by atoms with Crippen LogP contribution < -0.4 is 11.1 Å². The summed E-state index contributed by atoms with van der Waals surface area (Å²) in [4.78, 5) is 4.20. The molecule has 0 bridgehead atoms. The van der Waals surface area contributed by atoms with Gasteiger partial charge in [0, 0.05) is 34.5 Å². The highest BCUT2D eigenvalue weighted by atomic mass is 16.3. The van der Waals surface area contributed by atoms with Gasteiger partial charge in [0.05, 0.1) is 12.1 Å².